The molecule has 0 unspecified atom stereocenters. The zero-order chi connectivity index (χ0) is 24.0. The molecule has 0 heterocycles. The molecule has 0 radical (unpaired) electrons. The second-order valence-electron chi connectivity index (χ2n) is 9.29. The summed E-state index contributed by atoms with van der Waals surface area (Å²) >= 11 is 0. The minimum absolute atomic E-state index is 0.0123. The van der Waals surface area contributed by atoms with Crippen LogP contribution in [0, 0.1) is 28.1 Å². The average Bonchev–Trinajstić information content (AvgIpc) is 2.85. The van der Waals surface area contributed by atoms with Crippen LogP contribution in [0.15, 0.2) is 114 Å². The van der Waals surface area contributed by atoms with Crippen LogP contribution in [0.3, 0.4) is 0 Å². The van der Waals surface area contributed by atoms with Crippen molar-refractivity contribution in [1.29, 1.82) is 10.5 Å². The quantitative estimate of drug-likeness (QED) is 0.374. The average molecular weight is 442 g/mol. The van der Waals surface area contributed by atoms with Crippen molar-refractivity contribution < 1.29 is 0 Å². The largest absolute Gasteiger partial charge is 0.311 e. The fourth-order valence-electron chi connectivity index (χ4n) is 4.43. The lowest BCUT2D eigenvalue weighted by molar-refractivity contribution is 0.354. The lowest BCUT2D eigenvalue weighted by Gasteiger charge is -2.30. The molecule has 1 aliphatic rings. The van der Waals surface area contributed by atoms with Gasteiger partial charge < -0.3 is 4.90 Å². The fourth-order valence-corrected chi connectivity index (χ4v) is 4.43. The number of nitriles is 2. The maximum atomic E-state index is 9.30. The maximum Gasteiger partial charge on any atom is 0.132 e. The minimum Gasteiger partial charge on any atom is -0.311 e. The Labute approximate surface area is 202 Å². The van der Waals surface area contributed by atoms with Crippen LogP contribution in [0.5, 0.6) is 0 Å². The zero-order valence-electron chi connectivity index (χ0n) is 19.6. The van der Waals surface area contributed by atoms with Crippen LogP contribution in [-0.2, 0) is 0 Å². The summed E-state index contributed by atoms with van der Waals surface area (Å²) in [5.41, 5.74) is 6.59. The summed E-state index contributed by atoms with van der Waals surface area (Å²) in [6, 6.07) is 33.3. The highest BCUT2D eigenvalue weighted by atomic mass is 15.1. The second-order valence-corrected chi connectivity index (χ2v) is 9.29. The van der Waals surface area contributed by atoms with Crippen LogP contribution in [0.2, 0.25) is 0 Å². The summed E-state index contributed by atoms with van der Waals surface area (Å²) in [7, 11) is 0. The van der Waals surface area contributed by atoms with Gasteiger partial charge in [-0.05, 0) is 71.4 Å². The van der Waals surface area contributed by atoms with E-state index >= 15 is 0 Å². The van der Waals surface area contributed by atoms with Gasteiger partial charge in [0.05, 0.1) is 0 Å². The van der Waals surface area contributed by atoms with Crippen LogP contribution in [0.25, 0.3) is 6.08 Å². The van der Waals surface area contributed by atoms with Gasteiger partial charge in [0.1, 0.15) is 17.7 Å². The van der Waals surface area contributed by atoms with Crippen LogP contribution in [-0.4, -0.2) is 0 Å². The molecule has 0 saturated carbocycles. The minimum atomic E-state index is 0.0123. The van der Waals surface area contributed by atoms with E-state index < -0.39 is 0 Å². The molecule has 4 rings (SSSR count). The molecule has 3 aromatic carbocycles. The van der Waals surface area contributed by atoms with Gasteiger partial charge in [0, 0.05) is 17.1 Å². The van der Waals surface area contributed by atoms with E-state index in [1.807, 2.05) is 30.3 Å². The molecule has 166 valence electrons. The highest BCUT2D eigenvalue weighted by molar-refractivity contribution is 5.77. The van der Waals surface area contributed by atoms with Crippen molar-refractivity contribution in [3.8, 4) is 12.1 Å². The van der Waals surface area contributed by atoms with Gasteiger partial charge in [0.25, 0.3) is 0 Å². The summed E-state index contributed by atoms with van der Waals surface area (Å²) in [5.74, 6) is 0. The second kappa shape index (κ2) is 10.1. The number of rotatable bonds is 5. The molecule has 3 heteroatoms. The molecule has 0 spiro atoms. The van der Waals surface area contributed by atoms with Crippen LogP contribution in [0.1, 0.15) is 32.3 Å². The number of hydrogen-bond donors (Lipinski definition) is 0. The van der Waals surface area contributed by atoms with E-state index in [1.54, 1.807) is 0 Å². The van der Waals surface area contributed by atoms with E-state index in [4.69, 9.17) is 0 Å². The zero-order valence-corrected chi connectivity index (χ0v) is 19.6. The monoisotopic (exact) mass is 441 g/mol. The molecular weight excluding hydrogens is 414 g/mol. The van der Waals surface area contributed by atoms with Crippen LogP contribution in [0.4, 0.5) is 17.1 Å². The summed E-state index contributed by atoms with van der Waals surface area (Å²) in [6.07, 6.45) is 7.86. The predicted molar refractivity (Wildman–Crippen MR) is 140 cm³/mol. The molecule has 0 atom stereocenters. The highest BCUT2D eigenvalue weighted by Gasteiger charge is 2.26. The van der Waals surface area contributed by atoms with E-state index in [0.29, 0.717) is 0 Å². The molecule has 0 saturated heterocycles. The van der Waals surface area contributed by atoms with Crippen molar-refractivity contribution in [3.63, 3.8) is 0 Å². The van der Waals surface area contributed by atoms with E-state index in [0.717, 1.165) is 46.6 Å². The molecule has 3 aromatic rings. The Morgan fingerprint density at radius 3 is 1.79 bits per heavy atom. The van der Waals surface area contributed by atoms with Crippen molar-refractivity contribution >= 4 is 23.1 Å². The third-order valence-corrected chi connectivity index (χ3v) is 5.93. The fraction of sp³-hybridized carbons (Fsp3) is 0.161. The normalized spacial score (nSPS) is 14.7. The first-order valence-corrected chi connectivity index (χ1v) is 11.4. The Kier molecular flexibility index (Phi) is 6.77. The van der Waals surface area contributed by atoms with Gasteiger partial charge in [0.15, 0.2) is 0 Å². The van der Waals surface area contributed by atoms with Crippen LogP contribution < -0.4 is 4.90 Å². The lowest BCUT2D eigenvalue weighted by Crippen LogP contribution is -2.17. The Morgan fingerprint density at radius 2 is 1.26 bits per heavy atom. The first-order valence-electron chi connectivity index (χ1n) is 11.4. The summed E-state index contributed by atoms with van der Waals surface area (Å²) in [6.45, 7) is 4.35. The molecule has 0 bridgehead atoms. The van der Waals surface area contributed by atoms with E-state index in [9.17, 15) is 10.5 Å². The molecule has 0 aliphatic heterocycles. The Bertz CT molecular complexity index is 1260. The van der Waals surface area contributed by atoms with Crippen molar-refractivity contribution in [2.75, 3.05) is 4.90 Å². The smallest absolute Gasteiger partial charge is 0.132 e. The van der Waals surface area contributed by atoms with Crippen molar-refractivity contribution in [1.82, 2.24) is 0 Å². The molecule has 0 aromatic heterocycles. The van der Waals surface area contributed by atoms with Gasteiger partial charge in [-0.3, -0.25) is 0 Å². The molecule has 0 N–H and O–H groups in total. The predicted octanol–water partition coefficient (Wildman–Crippen LogP) is 8.26. The topological polar surface area (TPSA) is 50.8 Å². The third kappa shape index (κ3) is 5.34. The van der Waals surface area contributed by atoms with E-state index in [1.165, 1.54) is 0 Å². The summed E-state index contributed by atoms with van der Waals surface area (Å²) in [4.78, 5) is 2.24. The standard InChI is InChI=1S/C31H27N3/c1-31(2)20-25(19-26(21-31)27(22-32)23-33)14-13-24-15-17-30(18-16-24)34(28-9-5-3-6-10-28)29-11-7-4-8-12-29/h3-19H,20-21H2,1-2H3/b14-13+. The van der Waals surface area contributed by atoms with Crippen molar-refractivity contribution in [3.05, 3.63) is 119 Å². The lowest BCUT2D eigenvalue weighted by atomic mass is 9.74. The van der Waals surface area contributed by atoms with Crippen molar-refractivity contribution in [2.45, 2.75) is 26.7 Å². The molecule has 1 aliphatic carbocycles. The van der Waals surface area contributed by atoms with Gasteiger partial charge in [-0.15, -0.1) is 0 Å². The van der Waals surface area contributed by atoms with Gasteiger partial charge in [0.2, 0.25) is 0 Å². The first kappa shape index (κ1) is 22.8. The number of para-hydroxylation sites is 2. The van der Waals surface area contributed by atoms with Gasteiger partial charge in [-0.2, -0.15) is 10.5 Å². The number of allylic oxidation sites excluding steroid dienone is 5. The number of benzene rings is 3. The van der Waals surface area contributed by atoms with E-state index in [-0.39, 0.29) is 11.0 Å². The molecule has 3 nitrogen and oxygen atoms in total. The Balaban J connectivity index is 1.62. The van der Waals surface area contributed by atoms with E-state index in [2.05, 4.69) is 104 Å². The third-order valence-electron chi connectivity index (χ3n) is 5.93. The first-order chi connectivity index (χ1) is 16.5. The summed E-state index contributed by atoms with van der Waals surface area (Å²) < 4.78 is 0. The molecular formula is C31H27N3. The van der Waals surface area contributed by atoms with Crippen molar-refractivity contribution in [2.24, 2.45) is 5.41 Å². The molecule has 0 fully saturated rings. The number of nitrogens with zero attached hydrogens (tertiary/aromatic N) is 3. The molecule has 0 amide bonds. The Morgan fingerprint density at radius 1 is 0.735 bits per heavy atom. The maximum absolute atomic E-state index is 9.30. The SMILES string of the molecule is CC1(C)CC(/C=C/c2ccc(N(c3ccccc3)c3ccccc3)cc2)=CC(=C(C#N)C#N)C1. The highest BCUT2D eigenvalue weighted by Crippen LogP contribution is 2.40. The van der Waals surface area contributed by atoms with Crippen LogP contribution >= 0.6 is 0 Å². The molecule has 34 heavy (non-hydrogen) atoms. The van der Waals surface area contributed by atoms with Gasteiger partial charge >= 0.3 is 0 Å². The number of anilines is 3. The summed E-state index contributed by atoms with van der Waals surface area (Å²) in [5, 5.41) is 18.6. The Hall–Kier alpha value is -4.34. The number of hydrogen-bond acceptors (Lipinski definition) is 3. The van der Waals surface area contributed by atoms with Gasteiger partial charge in [-0.1, -0.05) is 80.6 Å². The van der Waals surface area contributed by atoms with Gasteiger partial charge in [-0.25, -0.2) is 0 Å².